The van der Waals surface area contributed by atoms with Crippen LogP contribution >= 0.6 is 12.2 Å². The standard InChI is InChI=1S/C12H10N2OS/c16-12(14-10-5-2-1-3-6-10)15-11-7-4-8-13-9-11/h1-9H,(H,14,16). The van der Waals surface area contributed by atoms with Crippen molar-refractivity contribution in [2.24, 2.45) is 0 Å². The second-order valence-corrected chi connectivity index (χ2v) is 3.44. The van der Waals surface area contributed by atoms with Crippen molar-refractivity contribution < 1.29 is 4.74 Å². The highest BCUT2D eigenvalue weighted by Crippen LogP contribution is 2.09. The second kappa shape index (κ2) is 5.23. The van der Waals surface area contributed by atoms with Crippen molar-refractivity contribution in [3.05, 3.63) is 54.9 Å². The number of para-hydroxylation sites is 1. The van der Waals surface area contributed by atoms with Gasteiger partial charge in [-0.25, -0.2) is 0 Å². The molecule has 1 N–H and O–H groups in total. The third kappa shape index (κ3) is 3.03. The van der Waals surface area contributed by atoms with E-state index in [2.05, 4.69) is 10.3 Å². The molecule has 1 aromatic carbocycles. The zero-order valence-electron chi connectivity index (χ0n) is 8.46. The van der Waals surface area contributed by atoms with E-state index in [0.717, 1.165) is 5.69 Å². The zero-order valence-corrected chi connectivity index (χ0v) is 9.28. The molecular weight excluding hydrogens is 220 g/mol. The Hall–Kier alpha value is -1.94. The molecule has 2 rings (SSSR count). The van der Waals surface area contributed by atoms with Gasteiger partial charge in [0, 0.05) is 11.9 Å². The SMILES string of the molecule is S=C(Nc1ccccc1)Oc1cccnc1. The van der Waals surface area contributed by atoms with Crippen LogP contribution in [0.2, 0.25) is 0 Å². The summed E-state index contributed by atoms with van der Waals surface area (Å²) in [6, 6.07) is 13.2. The van der Waals surface area contributed by atoms with Crippen LogP contribution in [0.4, 0.5) is 5.69 Å². The number of hydrogen-bond acceptors (Lipinski definition) is 3. The molecule has 0 saturated carbocycles. The van der Waals surface area contributed by atoms with Crippen molar-refractivity contribution in [3.8, 4) is 5.75 Å². The van der Waals surface area contributed by atoms with Crippen LogP contribution in [0, 0.1) is 0 Å². The summed E-state index contributed by atoms with van der Waals surface area (Å²) in [5.41, 5.74) is 0.899. The van der Waals surface area contributed by atoms with E-state index in [0.29, 0.717) is 10.9 Å². The van der Waals surface area contributed by atoms with E-state index in [1.807, 2.05) is 30.3 Å². The number of pyridine rings is 1. The maximum absolute atomic E-state index is 5.38. The van der Waals surface area contributed by atoms with Crippen LogP contribution in [0.1, 0.15) is 0 Å². The van der Waals surface area contributed by atoms with Crippen molar-refractivity contribution in [2.45, 2.75) is 0 Å². The highest BCUT2D eigenvalue weighted by Gasteiger charge is 1.99. The molecule has 0 aliphatic heterocycles. The summed E-state index contributed by atoms with van der Waals surface area (Å²) in [5.74, 6) is 0.621. The quantitative estimate of drug-likeness (QED) is 0.804. The number of thiocarbonyl (C=S) groups is 1. The molecule has 0 saturated heterocycles. The van der Waals surface area contributed by atoms with Gasteiger partial charge >= 0.3 is 0 Å². The molecule has 0 radical (unpaired) electrons. The summed E-state index contributed by atoms with van der Waals surface area (Å²) in [7, 11) is 0. The van der Waals surface area contributed by atoms with E-state index in [1.165, 1.54) is 0 Å². The molecule has 3 nitrogen and oxygen atoms in total. The molecule has 16 heavy (non-hydrogen) atoms. The molecule has 0 bridgehead atoms. The van der Waals surface area contributed by atoms with Crippen LogP contribution in [0.5, 0.6) is 5.75 Å². The molecule has 80 valence electrons. The van der Waals surface area contributed by atoms with Gasteiger partial charge in [0.15, 0.2) is 0 Å². The third-order valence-corrected chi connectivity index (χ3v) is 2.05. The van der Waals surface area contributed by atoms with Gasteiger partial charge in [0.25, 0.3) is 5.17 Å². The fraction of sp³-hybridized carbons (Fsp3) is 0. The lowest BCUT2D eigenvalue weighted by Crippen LogP contribution is -2.16. The van der Waals surface area contributed by atoms with E-state index in [-0.39, 0.29) is 0 Å². The Kier molecular flexibility index (Phi) is 3.46. The first-order valence-electron chi connectivity index (χ1n) is 4.78. The molecule has 0 atom stereocenters. The molecule has 0 aliphatic carbocycles. The van der Waals surface area contributed by atoms with Crippen LogP contribution in [-0.4, -0.2) is 10.2 Å². The molecule has 0 fully saturated rings. The molecule has 0 unspecified atom stereocenters. The third-order valence-electron chi connectivity index (χ3n) is 1.87. The van der Waals surface area contributed by atoms with Crippen LogP contribution in [0.3, 0.4) is 0 Å². The number of benzene rings is 1. The fourth-order valence-electron chi connectivity index (χ4n) is 1.18. The van der Waals surface area contributed by atoms with Crippen molar-refractivity contribution in [3.63, 3.8) is 0 Å². The fourth-order valence-corrected chi connectivity index (χ4v) is 1.39. The van der Waals surface area contributed by atoms with Crippen LogP contribution < -0.4 is 10.1 Å². The Morgan fingerprint density at radius 1 is 1.12 bits per heavy atom. The Morgan fingerprint density at radius 2 is 1.94 bits per heavy atom. The average Bonchev–Trinajstić information content (AvgIpc) is 2.31. The van der Waals surface area contributed by atoms with Gasteiger partial charge in [0.2, 0.25) is 0 Å². The van der Waals surface area contributed by atoms with Gasteiger partial charge in [-0.1, -0.05) is 18.2 Å². The number of hydrogen-bond donors (Lipinski definition) is 1. The van der Waals surface area contributed by atoms with Crippen molar-refractivity contribution in [2.75, 3.05) is 5.32 Å². The Labute approximate surface area is 99.1 Å². The molecule has 1 heterocycles. The van der Waals surface area contributed by atoms with E-state index in [1.54, 1.807) is 24.5 Å². The van der Waals surface area contributed by atoms with Gasteiger partial charge < -0.3 is 10.1 Å². The Morgan fingerprint density at radius 3 is 2.62 bits per heavy atom. The van der Waals surface area contributed by atoms with Gasteiger partial charge in [-0.05, 0) is 36.5 Å². The topological polar surface area (TPSA) is 34.1 Å². The summed E-state index contributed by atoms with van der Waals surface area (Å²) in [6.07, 6.45) is 3.29. The second-order valence-electron chi connectivity index (χ2n) is 3.07. The summed E-state index contributed by atoms with van der Waals surface area (Å²) in [6.45, 7) is 0. The van der Waals surface area contributed by atoms with Crippen molar-refractivity contribution in [1.82, 2.24) is 4.98 Å². The largest absolute Gasteiger partial charge is 0.430 e. The summed E-state index contributed by atoms with van der Waals surface area (Å²) in [5, 5.41) is 3.28. The lowest BCUT2D eigenvalue weighted by molar-refractivity contribution is 0.560. The number of nitrogens with zero attached hydrogens (tertiary/aromatic N) is 1. The smallest absolute Gasteiger partial charge is 0.266 e. The lowest BCUT2D eigenvalue weighted by Gasteiger charge is -2.08. The average molecular weight is 230 g/mol. The predicted octanol–water partition coefficient (Wildman–Crippen LogP) is 2.86. The van der Waals surface area contributed by atoms with Gasteiger partial charge in [0.1, 0.15) is 5.75 Å². The monoisotopic (exact) mass is 230 g/mol. The van der Waals surface area contributed by atoms with Crippen LogP contribution in [0.25, 0.3) is 0 Å². The molecule has 0 amide bonds. The van der Waals surface area contributed by atoms with Gasteiger partial charge in [-0.2, -0.15) is 0 Å². The van der Waals surface area contributed by atoms with E-state index < -0.39 is 0 Å². The normalized spacial score (nSPS) is 9.50. The minimum atomic E-state index is 0.305. The first-order chi connectivity index (χ1) is 7.84. The maximum Gasteiger partial charge on any atom is 0.266 e. The number of aromatic nitrogens is 1. The maximum atomic E-state index is 5.38. The minimum Gasteiger partial charge on any atom is -0.430 e. The number of nitrogens with one attached hydrogen (secondary N) is 1. The van der Waals surface area contributed by atoms with Gasteiger partial charge in [-0.15, -0.1) is 0 Å². The minimum absolute atomic E-state index is 0.305. The van der Waals surface area contributed by atoms with Crippen molar-refractivity contribution in [1.29, 1.82) is 0 Å². The van der Waals surface area contributed by atoms with Gasteiger partial charge in [-0.3, -0.25) is 4.98 Å². The van der Waals surface area contributed by atoms with E-state index in [9.17, 15) is 0 Å². The Bertz CT molecular complexity index is 415. The molecular formula is C12H10N2OS. The highest BCUT2D eigenvalue weighted by atomic mass is 32.1. The van der Waals surface area contributed by atoms with E-state index in [4.69, 9.17) is 17.0 Å². The summed E-state index contributed by atoms with van der Waals surface area (Å²) in [4.78, 5) is 3.93. The number of anilines is 1. The number of rotatable bonds is 2. The van der Waals surface area contributed by atoms with E-state index >= 15 is 0 Å². The highest BCUT2D eigenvalue weighted by molar-refractivity contribution is 7.80. The molecule has 2 aromatic rings. The van der Waals surface area contributed by atoms with Crippen LogP contribution in [0.15, 0.2) is 54.9 Å². The van der Waals surface area contributed by atoms with Gasteiger partial charge in [0.05, 0.1) is 6.20 Å². The molecule has 1 aromatic heterocycles. The molecule has 0 spiro atoms. The number of ether oxygens (including phenoxy) is 1. The first-order valence-corrected chi connectivity index (χ1v) is 5.19. The summed E-state index contributed by atoms with van der Waals surface area (Å²) < 4.78 is 5.38. The van der Waals surface area contributed by atoms with Crippen molar-refractivity contribution >= 4 is 23.1 Å². The first kappa shape index (κ1) is 10.6. The zero-order chi connectivity index (χ0) is 11.2. The molecule has 4 heteroatoms. The van der Waals surface area contributed by atoms with Crippen LogP contribution in [-0.2, 0) is 0 Å². The predicted molar refractivity (Wildman–Crippen MR) is 67.5 cm³/mol. The molecule has 0 aliphatic rings. The summed E-state index contributed by atoms with van der Waals surface area (Å²) >= 11 is 5.06. The Balaban J connectivity index is 1.95. The lowest BCUT2D eigenvalue weighted by atomic mass is 10.3.